The Morgan fingerprint density at radius 1 is 1.24 bits per heavy atom. The first-order valence-electron chi connectivity index (χ1n) is 9.18. The normalized spacial score (nSPS) is 17.4. The fourth-order valence-electron chi connectivity index (χ4n) is 3.61. The number of anilines is 2. The summed E-state index contributed by atoms with van der Waals surface area (Å²) in [5, 5.41) is 13.1. The van der Waals surface area contributed by atoms with Crippen molar-refractivity contribution in [1.29, 1.82) is 0 Å². The van der Waals surface area contributed by atoms with Gasteiger partial charge in [0.1, 0.15) is 0 Å². The number of nitrogens with two attached hydrogens (primary N) is 1. The van der Waals surface area contributed by atoms with Gasteiger partial charge in [-0.15, -0.1) is 0 Å². The average Bonchev–Trinajstić information content (AvgIpc) is 3.16. The lowest BCUT2D eigenvalue weighted by Gasteiger charge is -2.32. The molecule has 1 atom stereocenters. The number of nitrogens with one attached hydrogen (secondary N) is 1. The van der Waals surface area contributed by atoms with Crippen LogP contribution in [0, 0.1) is 0 Å². The molecule has 1 aliphatic rings. The van der Waals surface area contributed by atoms with Gasteiger partial charge in [-0.25, -0.2) is 22.2 Å². The monoisotopic (exact) mass is 415 g/mol. The summed E-state index contributed by atoms with van der Waals surface area (Å²) in [6, 6.07) is 9.65. The third-order valence-corrected chi connectivity index (χ3v) is 6.73. The van der Waals surface area contributed by atoms with Gasteiger partial charge in [-0.05, 0) is 31.0 Å². The van der Waals surface area contributed by atoms with Gasteiger partial charge in [0.2, 0.25) is 0 Å². The number of amides is 1. The third kappa shape index (κ3) is 3.46. The highest BCUT2D eigenvalue weighted by atomic mass is 32.2. The van der Waals surface area contributed by atoms with Gasteiger partial charge < -0.3 is 21.1 Å². The number of likely N-dealkylation sites (tertiary alicyclic amines) is 1. The molecule has 3 heterocycles. The van der Waals surface area contributed by atoms with Crippen LogP contribution >= 0.6 is 0 Å². The third-order valence-electron chi connectivity index (χ3n) is 5.05. The Morgan fingerprint density at radius 2 is 2.00 bits per heavy atom. The summed E-state index contributed by atoms with van der Waals surface area (Å²) in [4.78, 5) is 17.0. The maximum absolute atomic E-state index is 13.0. The number of nitrogen functional groups attached to an aromatic ring is 1. The zero-order valence-corrected chi connectivity index (χ0v) is 16.3. The first kappa shape index (κ1) is 19.1. The van der Waals surface area contributed by atoms with E-state index >= 15 is 0 Å². The van der Waals surface area contributed by atoms with Crippen LogP contribution in [0.25, 0.3) is 11.0 Å². The number of nitrogens with zero attached hydrogens (tertiary/aromatic N) is 3. The van der Waals surface area contributed by atoms with Crippen molar-refractivity contribution in [3.63, 3.8) is 0 Å². The molecule has 4 rings (SSSR count). The first-order chi connectivity index (χ1) is 13.9. The molecule has 10 heteroatoms. The molecule has 1 fully saturated rings. The van der Waals surface area contributed by atoms with Crippen molar-refractivity contribution < 1.29 is 18.3 Å². The second-order valence-electron chi connectivity index (χ2n) is 6.97. The largest absolute Gasteiger partial charge is 0.465 e. The standard InChI is InChI=1S/C19H21N5O4S/c20-16-11-21-18-15(17(16)22-13-5-4-9-23(12-13)19(25)26)8-10-24(18)29(27,28)14-6-2-1-3-7-14/h1-3,6-8,10-11,13H,4-5,9,12,20H2,(H,21,22)(H,25,26). The molecule has 0 spiro atoms. The molecule has 0 aliphatic carbocycles. The molecular formula is C19H21N5O4S. The molecule has 1 aromatic carbocycles. The van der Waals surface area contributed by atoms with E-state index in [0.717, 1.165) is 16.8 Å². The Labute approximate surface area is 167 Å². The van der Waals surface area contributed by atoms with E-state index in [4.69, 9.17) is 5.73 Å². The second kappa shape index (κ2) is 7.28. The Bertz CT molecular complexity index is 1160. The average molecular weight is 415 g/mol. The van der Waals surface area contributed by atoms with Crippen molar-refractivity contribution in [1.82, 2.24) is 13.9 Å². The van der Waals surface area contributed by atoms with E-state index < -0.39 is 16.1 Å². The molecule has 4 N–H and O–H groups in total. The van der Waals surface area contributed by atoms with Crippen LogP contribution in [0.4, 0.5) is 16.2 Å². The van der Waals surface area contributed by atoms with Crippen LogP contribution in [0.3, 0.4) is 0 Å². The molecule has 1 aliphatic heterocycles. The van der Waals surface area contributed by atoms with E-state index in [9.17, 15) is 18.3 Å². The quantitative estimate of drug-likeness (QED) is 0.596. The maximum atomic E-state index is 13.0. The highest BCUT2D eigenvalue weighted by Gasteiger charge is 2.26. The molecule has 1 amide bonds. The zero-order chi connectivity index (χ0) is 20.6. The van der Waals surface area contributed by atoms with Gasteiger partial charge in [-0.3, -0.25) is 0 Å². The van der Waals surface area contributed by atoms with Gasteiger partial charge in [0.15, 0.2) is 5.65 Å². The maximum Gasteiger partial charge on any atom is 0.407 e. The molecule has 1 saturated heterocycles. The fraction of sp³-hybridized carbons (Fsp3) is 0.263. The predicted molar refractivity (Wildman–Crippen MR) is 109 cm³/mol. The van der Waals surface area contributed by atoms with Crippen LogP contribution in [0.15, 0.2) is 53.7 Å². The number of aromatic nitrogens is 2. The highest BCUT2D eigenvalue weighted by Crippen LogP contribution is 2.32. The Morgan fingerprint density at radius 3 is 2.72 bits per heavy atom. The molecule has 1 unspecified atom stereocenters. The van der Waals surface area contributed by atoms with Crippen LogP contribution in [-0.2, 0) is 10.0 Å². The number of piperidine rings is 1. The van der Waals surface area contributed by atoms with Crippen molar-refractivity contribution >= 4 is 38.5 Å². The molecule has 9 nitrogen and oxygen atoms in total. The van der Waals surface area contributed by atoms with E-state index in [0.29, 0.717) is 29.9 Å². The van der Waals surface area contributed by atoms with Crippen molar-refractivity contribution in [2.24, 2.45) is 0 Å². The summed E-state index contributed by atoms with van der Waals surface area (Å²) in [5.74, 6) is 0. The molecule has 3 aromatic rings. The molecule has 2 aromatic heterocycles. The number of hydrogen-bond acceptors (Lipinski definition) is 6. The lowest BCUT2D eigenvalue weighted by Crippen LogP contribution is -2.44. The Kier molecular flexibility index (Phi) is 4.79. The van der Waals surface area contributed by atoms with Crippen LogP contribution < -0.4 is 11.1 Å². The van der Waals surface area contributed by atoms with E-state index in [-0.39, 0.29) is 16.6 Å². The SMILES string of the molecule is Nc1cnc2c(ccn2S(=O)(=O)c2ccccc2)c1NC1CCCN(C(=O)O)C1. The van der Waals surface area contributed by atoms with E-state index in [1.165, 1.54) is 29.4 Å². The number of pyridine rings is 1. The number of carboxylic acid groups (broad SMARTS) is 1. The Balaban J connectivity index is 1.72. The molecule has 0 bridgehead atoms. The predicted octanol–water partition coefficient (Wildman–Crippen LogP) is 2.41. The topological polar surface area (TPSA) is 131 Å². The summed E-state index contributed by atoms with van der Waals surface area (Å²) in [6.07, 6.45) is 3.44. The minimum absolute atomic E-state index is 0.123. The smallest absolute Gasteiger partial charge is 0.407 e. The van der Waals surface area contributed by atoms with Crippen LogP contribution in [0.1, 0.15) is 12.8 Å². The second-order valence-corrected chi connectivity index (χ2v) is 8.78. The number of carbonyl (C=O) groups is 1. The summed E-state index contributed by atoms with van der Waals surface area (Å²) in [7, 11) is -3.81. The lowest BCUT2D eigenvalue weighted by atomic mass is 10.1. The number of hydrogen-bond donors (Lipinski definition) is 3. The van der Waals surface area contributed by atoms with Crippen molar-refractivity contribution in [3.8, 4) is 0 Å². The molecular weight excluding hydrogens is 394 g/mol. The van der Waals surface area contributed by atoms with Gasteiger partial charge in [0, 0.05) is 30.7 Å². The van der Waals surface area contributed by atoms with E-state index in [1.807, 2.05) is 0 Å². The molecule has 0 radical (unpaired) electrons. The highest BCUT2D eigenvalue weighted by molar-refractivity contribution is 7.90. The summed E-state index contributed by atoms with van der Waals surface area (Å²) in [5.41, 5.74) is 7.31. The molecule has 29 heavy (non-hydrogen) atoms. The van der Waals surface area contributed by atoms with Crippen molar-refractivity contribution in [2.45, 2.75) is 23.8 Å². The van der Waals surface area contributed by atoms with E-state index in [2.05, 4.69) is 10.3 Å². The zero-order valence-electron chi connectivity index (χ0n) is 15.5. The lowest BCUT2D eigenvalue weighted by molar-refractivity contribution is 0.133. The summed E-state index contributed by atoms with van der Waals surface area (Å²) >= 11 is 0. The minimum atomic E-state index is -3.81. The minimum Gasteiger partial charge on any atom is -0.465 e. The number of benzene rings is 1. The first-order valence-corrected chi connectivity index (χ1v) is 10.6. The van der Waals surface area contributed by atoms with Gasteiger partial charge in [0.05, 0.1) is 22.5 Å². The van der Waals surface area contributed by atoms with Crippen molar-refractivity contribution in [3.05, 3.63) is 48.8 Å². The van der Waals surface area contributed by atoms with Crippen LogP contribution in [-0.4, -0.2) is 52.6 Å². The van der Waals surface area contributed by atoms with E-state index in [1.54, 1.807) is 24.3 Å². The fourth-order valence-corrected chi connectivity index (χ4v) is 4.93. The molecule has 0 saturated carbocycles. The van der Waals surface area contributed by atoms with Gasteiger partial charge >= 0.3 is 6.09 Å². The van der Waals surface area contributed by atoms with Crippen molar-refractivity contribution in [2.75, 3.05) is 24.1 Å². The van der Waals surface area contributed by atoms with Gasteiger partial charge in [-0.2, -0.15) is 0 Å². The number of fused-ring (bicyclic) bond motifs is 1. The summed E-state index contributed by atoms with van der Waals surface area (Å²) < 4.78 is 27.2. The van der Waals surface area contributed by atoms with Crippen LogP contribution in [0.2, 0.25) is 0 Å². The van der Waals surface area contributed by atoms with Gasteiger partial charge in [-0.1, -0.05) is 18.2 Å². The Hall–Kier alpha value is -3.27. The van der Waals surface area contributed by atoms with Crippen LogP contribution in [0.5, 0.6) is 0 Å². The van der Waals surface area contributed by atoms with Gasteiger partial charge in [0.25, 0.3) is 10.0 Å². The molecule has 152 valence electrons. The number of rotatable bonds is 4. The summed E-state index contributed by atoms with van der Waals surface area (Å²) in [6.45, 7) is 0.835.